The number of nitrogens with two attached hydrogens (primary N) is 1. The fourth-order valence-corrected chi connectivity index (χ4v) is 2.62. The third kappa shape index (κ3) is 4.01. The molecule has 3 N–H and O–H groups in total. The molecule has 0 unspecified atom stereocenters. The van der Waals surface area contributed by atoms with E-state index < -0.39 is 0 Å². The van der Waals surface area contributed by atoms with Gasteiger partial charge in [-0.25, -0.2) is 14.7 Å². The molecule has 122 valence electrons. The van der Waals surface area contributed by atoms with Gasteiger partial charge in [0, 0.05) is 17.8 Å². The van der Waals surface area contributed by atoms with E-state index in [2.05, 4.69) is 20.4 Å². The maximum Gasteiger partial charge on any atom is 0.188 e. The fourth-order valence-electron chi connectivity index (χ4n) is 2.48. The van der Waals surface area contributed by atoms with Gasteiger partial charge in [-0.3, -0.25) is 0 Å². The highest BCUT2D eigenvalue weighted by molar-refractivity contribution is 6.30. The lowest BCUT2D eigenvalue weighted by atomic mass is 9.85. The number of halogens is 1. The Bertz CT molecular complexity index is 704. The lowest BCUT2D eigenvalue weighted by Crippen LogP contribution is -2.37. The summed E-state index contributed by atoms with van der Waals surface area (Å²) in [7, 11) is 0. The molecule has 0 radical (unpaired) electrons. The highest BCUT2D eigenvalue weighted by atomic mass is 35.5. The first kappa shape index (κ1) is 15.8. The van der Waals surface area contributed by atoms with Gasteiger partial charge in [0.1, 0.15) is 0 Å². The van der Waals surface area contributed by atoms with Crippen LogP contribution in [0.2, 0.25) is 5.02 Å². The average molecular weight is 333 g/mol. The number of pyridine rings is 1. The molecule has 2 aromatic rings. The molecule has 0 amide bonds. The molecule has 1 aliphatic carbocycles. The van der Waals surface area contributed by atoms with Crippen molar-refractivity contribution in [3.63, 3.8) is 0 Å². The largest absolute Gasteiger partial charge is 0.370 e. The van der Waals surface area contributed by atoms with Crippen LogP contribution in [0.4, 0.5) is 0 Å². The number of aryl methyl sites for hydroxylation is 1. The van der Waals surface area contributed by atoms with Crippen LogP contribution < -0.4 is 11.1 Å². The molecule has 6 nitrogen and oxygen atoms in total. The first-order valence-electron chi connectivity index (χ1n) is 7.82. The van der Waals surface area contributed by atoms with Gasteiger partial charge in [0.15, 0.2) is 11.8 Å². The Morgan fingerprint density at radius 3 is 2.96 bits per heavy atom. The van der Waals surface area contributed by atoms with Crippen LogP contribution in [0.1, 0.15) is 30.5 Å². The van der Waals surface area contributed by atoms with Gasteiger partial charge >= 0.3 is 0 Å². The highest BCUT2D eigenvalue weighted by Gasteiger charge is 2.16. The second-order valence-corrected chi connectivity index (χ2v) is 6.35. The first-order valence-corrected chi connectivity index (χ1v) is 8.20. The van der Waals surface area contributed by atoms with E-state index in [1.165, 1.54) is 19.3 Å². The number of aromatic nitrogens is 3. The fraction of sp³-hybridized carbons (Fsp3) is 0.438. The van der Waals surface area contributed by atoms with E-state index >= 15 is 0 Å². The van der Waals surface area contributed by atoms with Crippen LogP contribution in [0.25, 0.3) is 5.82 Å². The summed E-state index contributed by atoms with van der Waals surface area (Å²) in [5.41, 5.74) is 7.81. The number of hydrogen-bond acceptors (Lipinski definition) is 3. The van der Waals surface area contributed by atoms with Crippen molar-refractivity contribution in [1.29, 1.82) is 0 Å². The van der Waals surface area contributed by atoms with Crippen LogP contribution in [0.3, 0.4) is 0 Å². The van der Waals surface area contributed by atoms with Gasteiger partial charge in [-0.15, -0.1) is 0 Å². The second-order valence-electron chi connectivity index (χ2n) is 5.92. The van der Waals surface area contributed by atoms with Crippen molar-refractivity contribution in [1.82, 2.24) is 20.1 Å². The van der Waals surface area contributed by atoms with Gasteiger partial charge in [-0.1, -0.05) is 24.1 Å². The topological polar surface area (TPSA) is 81.1 Å². The van der Waals surface area contributed by atoms with Crippen molar-refractivity contribution < 1.29 is 0 Å². The van der Waals surface area contributed by atoms with E-state index in [0.717, 1.165) is 29.5 Å². The standard InChI is InChI=1S/C16H21ClN6/c1-11-5-6-13(15(22-11)23-10-14(17)9-21-23)8-20-16(18)19-7-12-3-2-4-12/h5-6,9-10,12H,2-4,7-8H2,1H3,(H3,18,19,20). The third-order valence-corrected chi connectivity index (χ3v) is 4.27. The van der Waals surface area contributed by atoms with Crippen LogP contribution in [0.15, 0.2) is 29.5 Å². The Labute approximate surface area is 140 Å². The predicted octanol–water partition coefficient (Wildman–Crippen LogP) is 2.43. The number of hydrogen-bond donors (Lipinski definition) is 2. The SMILES string of the molecule is Cc1ccc(CN=C(N)NCC2CCC2)c(-n2cc(Cl)cn2)n1. The molecule has 0 saturated heterocycles. The summed E-state index contributed by atoms with van der Waals surface area (Å²) in [6.07, 6.45) is 7.22. The molecule has 1 fully saturated rings. The average Bonchev–Trinajstić information content (AvgIpc) is 2.91. The zero-order chi connectivity index (χ0) is 16.2. The first-order chi connectivity index (χ1) is 11.1. The minimum Gasteiger partial charge on any atom is -0.370 e. The molecule has 7 heteroatoms. The second kappa shape index (κ2) is 7.00. The monoisotopic (exact) mass is 332 g/mol. The molecule has 2 aromatic heterocycles. The molecule has 1 aliphatic rings. The van der Waals surface area contributed by atoms with Gasteiger partial charge < -0.3 is 11.1 Å². The lowest BCUT2D eigenvalue weighted by molar-refractivity contribution is 0.315. The van der Waals surface area contributed by atoms with Crippen LogP contribution in [-0.4, -0.2) is 27.3 Å². The zero-order valence-corrected chi connectivity index (χ0v) is 13.9. The van der Waals surface area contributed by atoms with Crippen molar-refractivity contribution in [3.05, 3.63) is 40.8 Å². The van der Waals surface area contributed by atoms with E-state index in [4.69, 9.17) is 17.3 Å². The molecule has 0 atom stereocenters. The molecule has 1 saturated carbocycles. The quantitative estimate of drug-likeness (QED) is 0.651. The third-order valence-electron chi connectivity index (χ3n) is 4.08. The molecule has 0 bridgehead atoms. The zero-order valence-electron chi connectivity index (χ0n) is 13.2. The Morgan fingerprint density at radius 1 is 1.48 bits per heavy atom. The van der Waals surface area contributed by atoms with Crippen molar-refractivity contribution in [2.24, 2.45) is 16.6 Å². The molecule has 23 heavy (non-hydrogen) atoms. The van der Waals surface area contributed by atoms with E-state index in [0.29, 0.717) is 17.5 Å². The van der Waals surface area contributed by atoms with Gasteiger partial charge in [-0.2, -0.15) is 5.10 Å². The van der Waals surface area contributed by atoms with Gasteiger partial charge in [0.05, 0.1) is 24.0 Å². The number of nitrogens with one attached hydrogen (secondary N) is 1. The molecule has 2 heterocycles. The van der Waals surface area contributed by atoms with E-state index in [9.17, 15) is 0 Å². The molecule has 0 aromatic carbocycles. The van der Waals surface area contributed by atoms with Crippen LogP contribution >= 0.6 is 11.6 Å². The van der Waals surface area contributed by atoms with Crippen LogP contribution in [-0.2, 0) is 6.54 Å². The van der Waals surface area contributed by atoms with E-state index in [-0.39, 0.29) is 0 Å². The molecular weight excluding hydrogens is 312 g/mol. The Balaban J connectivity index is 1.71. The van der Waals surface area contributed by atoms with Gasteiger partial charge in [-0.05, 0) is 31.7 Å². The summed E-state index contributed by atoms with van der Waals surface area (Å²) in [4.78, 5) is 8.96. The van der Waals surface area contributed by atoms with Crippen molar-refractivity contribution in [3.8, 4) is 5.82 Å². The summed E-state index contributed by atoms with van der Waals surface area (Å²) in [5, 5.41) is 7.99. The Morgan fingerprint density at radius 2 is 2.30 bits per heavy atom. The molecule has 0 spiro atoms. The van der Waals surface area contributed by atoms with E-state index in [1.807, 2.05) is 19.1 Å². The summed E-state index contributed by atoms with van der Waals surface area (Å²) in [5.74, 6) is 1.95. The molecule has 3 rings (SSSR count). The normalized spacial score (nSPS) is 15.5. The number of rotatable bonds is 5. The molecule has 0 aliphatic heterocycles. The number of guanidine groups is 1. The summed E-state index contributed by atoms with van der Waals surface area (Å²) < 4.78 is 1.66. The minimum atomic E-state index is 0.448. The summed E-state index contributed by atoms with van der Waals surface area (Å²) in [6.45, 7) is 3.29. The maximum atomic E-state index is 5.95. The van der Waals surface area contributed by atoms with Gasteiger partial charge in [0.2, 0.25) is 0 Å². The van der Waals surface area contributed by atoms with Crippen LogP contribution in [0.5, 0.6) is 0 Å². The molecular formula is C16H21ClN6. The minimum absolute atomic E-state index is 0.448. The lowest BCUT2D eigenvalue weighted by Gasteiger charge is -2.25. The van der Waals surface area contributed by atoms with Crippen LogP contribution in [0, 0.1) is 12.8 Å². The smallest absolute Gasteiger partial charge is 0.188 e. The van der Waals surface area contributed by atoms with Crippen molar-refractivity contribution in [2.45, 2.75) is 32.7 Å². The van der Waals surface area contributed by atoms with Crippen molar-refractivity contribution in [2.75, 3.05) is 6.54 Å². The van der Waals surface area contributed by atoms with Gasteiger partial charge in [0.25, 0.3) is 0 Å². The highest BCUT2D eigenvalue weighted by Crippen LogP contribution is 2.25. The number of aliphatic imine (C=N–C) groups is 1. The van der Waals surface area contributed by atoms with E-state index in [1.54, 1.807) is 17.1 Å². The number of nitrogens with zero attached hydrogens (tertiary/aromatic N) is 4. The summed E-state index contributed by atoms with van der Waals surface area (Å²) >= 11 is 5.95. The predicted molar refractivity (Wildman–Crippen MR) is 91.8 cm³/mol. The Hall–Kier alpha value is -2.08. The Kier molecular flexibility index (Phi) is 4.81. The van der Waals surface area contributed by atoms with Crippen molar-refractivity contribution >= 4 is 17.6 Å². The summed E-state index contributed by atoms with van der Waals surface area (Å²) in [6, 6.07) is 3.95. The maximum absolute atomic E-state index is 5.95.